The summed E-state index contributed by atoms with van der Waals surface area (Å²) in [6, 6.07) is 19.7. The van der Waals surface area contributed by atoms with Gasteiger partial charge in [0.15, 0.2) is 0 Å². The van der Waals surface area contributed by atoms with Crippen molar-refractivity contribution in [3.8, 4) is 6.07 Å². The van der Waals surface area contributed by atoms with Gasteiger partial charge in [0.2, 0.25) is 5.91 Å². The average Bonchev–Trinajstić information content (AvgIpc) is 2.55. The largest absolute Gasteiger partial charge is 0.326 e. The van der Waals surface area contributed by atoms with Crippen molar-refractivity contribution in [1.29, 1.82) is 5.26 Å². The zero-order valence-electron chi connectivity index (χ0n) is 12.3. The molecule has 0 spiro atoms. The molecule has 0 saturated heterocycles. The second-order valence-corrected chi connectivity index (χ2v) is 5.97. The Balaban J connectivity index is 1.68. The van der Waals surface area contributed by atoms with Gasteiger partial charge in [0.1, 0.15) is 0 Å². The average molecular weight is 310 g/mol. The Hall–Kier alpha value is -2.25. The van der Waals surface area contributed by atoms with Crippen LogP contribution in [0.25, 0.3) is 0 Å². The summed E-state index contributed by atoms with van der Waals surface area (Å²) < 4.78 is 0. The Bertz CT molecular complexity index is 632. The molecule has 3 nitrogen and oxygen atoms in total. The molecule has 0 saturated carbocycles. The zero-order valence-corrected chi connectivity index (χ0v) is 13.1. The molecule has 112 valence electrons. The van der Waals surface area contributed by atoms with E-state index in [0.717, 1.165) is 22.8 Å². The van der Waals surface area contributed by atoms with Gasteiger partial charge in [0.25, 0.3) is 0 Å². The van der Waals surface area contributed by atoms with E-state index >= 15 is 0 Å². The fraction of sp³-hybridized carbons (Fsp3) is 0.222. The highest BCUT2D eigenvalue weighted by Crippen LogP contribution is 2.14. The van der Waals surface area contributed by atoms with Crippen LogP contribution in [0.15, 0.2) is 54.6 Å². The van der Waals surface area contributed by atoms with Crippen molar-refractivity contribution < 1.29 is 4.79 Å². The van der Waals surface area contributed by atoms with Crippen LogP contribution in [-0.2, 0) is 17.0 Å². The third kappa shape index (κ3) is 5.63. The SMILES string of the molecule is N#CCc1ccc(NC(=O)CCSCc2ccccc2)cc1. The van der Waals surface area contributed by atoms with Gasteiger partial charge in [0.05, 0.1) is 12.5 Å². The maximum atomic E-state index is 11.9. The minimum absolute atomic E-state index is 0.0218. The monoisotopic (exact) mass is 310 g/mol. The Morgan fingerprint density at radius 2 is 1.77 bits per heavy atom. The van der Waals surface area contributed by atoms with Crippen molar-refractivity contribution in [1.82, 2.24) is 0 Å². The predicted molar refractivity (Wildman–Crippen MR) is 91.6 cm³/mol. The first-order valence-electron chi connectivity index (χ1n) is 7.15. The number of nitriles is 1. The number of nitrogens with zero attached hydrogens (tertiary/aromatic N) is 1. The first kappa shape index (κ1) is 16.1. The lowest BCUT2D eigenvalue weighted by Gasteiger charge is -2.06. The molecule has 0 bridgehead atoms. The second kappa shape index (κ2) is 8.91. The fourth-order valence-corrected chi connectivity index (χ4v) is 2.85. The number of carbonyl (C=O) groups excluding carboxylic acids is 1. The molecule has 0 radical (unpaired) electrons. The van der Waals surface area contributed by atoms with Crippen LogP contribution in [-0.4, -0.2) is 11.7 Å². The van der Waals surface area contributed by atoms with Gasteiger partial charge in [-0.25, -0.2) is 0 Å². The van der Waals surface area contributed by atoms with Crippen molar-refractivity contribution in [2.45, 2.75) is 18.6 Å². The molecule has 22 heavy (non-hydrogen) atoms. The number of anilines is 1. The third-order valence-corrected chi connectivity index (χ3v) is 4.14. The molecule has 0 aliphatic carbocycles. The van der Waals surface area contributed by atoms with E-state index in [4.69, 9.17) is 5.26 Å². The number of rotatable bonds is 7. The van der Waals surface area contributed by atoms with Crippen molar-refractivity contribution >= 4 is 23.4 Å². The molecule has 0 fully saturated rings. The van der Waals surface area contributed by atoms with Gasteiger partial charge in [-0.15, -0.1) is 0 Å². The van der Waals surface area contributed by atoms with Gasteiger partial charge >= 0.3 is 0 Å². The summed E-state index contributed by atoms with van der Waals surface area (Å²) in [5, 5.41) is 11.5. The van der Waals surface area contributed by atoms with Gasteiger partial charge in [0, 0.05) is 23.6 Å². The summed E-state index contributed by atoms with van der Waals surface area (Å²) >= 11 is 1.76. The van der Waals surface area contributed by atoms with Crippen LogP contribution < -0.4 is 5.32 Å². The first-order chi connectivity index (χ1) is 10.8. The Morgan fingerprint density at radius 1 is 1.05 bits per heavy atom. The van der Waals surface area contributed by atoms with Gasteiger partial charge in [-0.3, -0.25) is 4.79 Å². The fourth-order valence-electron chi connectivity index (χ4n) is 1.95. The van der Waals surface area contributed by atoms with E-state index < -0.39 is 0 Å². The van der Waals surface area contributed by atoms with Crippen LogP contribution in [0, 0.1) is 11.3 Å². The number of hydrogen-bond donors (Lipinski definition) is 1. The van der Waals surface area contributed by atoms with Crippen molar-refractivity contribution in [3.05, 3.63) is 65.7 Å². The molecule has 1 N–H and O–H groups in total. The molecule has 2 rings (SSSR count). The normalized spacial score (nSPS) is 9.95. The highest BCUT2D eigenvalue weighted by molar-refractivity contribution is 7.98. The Labute approximate surface area is 135 Å². The zero-order chi connectivity index (χ0) is 15.6. The van der Waals surface area contributed by atoms with Gasteiger partial charge in [-0.1, -0.05) is 42.5 Å². The standard InChI is InChI=1S/C18H18N2OS/c19-12-10-15-6-8-17(9-7-15)20-18(21)11-13-22-14-16-4-2-1-3-5-16/h1-9H,10-11,13-14H2,(H,20,21). The lowest BCUT2D eigenvalue weighted by Crippen LogP contribution is -2.12. The van der Waals surface area contributed by atoms with Crippen LogP contribution in [0.4, 0.5) is 5.69 Å². The van der Waals surface area contributed by atoms with E-state index in [1.165, 1.54) is 5.56 Å². The van der Waals surface area contributed by atoms with Crippen LogP contribution in [0.5, 0.6) is 0 Å². The molecule has 0 aliphatic heterocycles. The molecular formula is C18H18N2OS. The molecule has 0 atom stereocenters. The first-order valence-corrected chi connectivity index (χ1v) is 8.31. The van der Waals surface area contributed by atoms with E-state index in [1.807, 2.05) is 42.5 Å². The number of hydrogen-bond acceptors (Lipinski definition) is 3. The number of carbonyl (C=O) groups is 1. The van der Waals surface area contributed by atoms with Crippen molar-refractivity contribution in [2.75, 3.05) is 11.1 Å². The van der Waals surface area contributed by atoms with Crippen LogP contribution in [0.1, 0.15) is 17.5 Å². The molecule has 4 heteroatoms. The van der Waals surface area contributed by atoms with Crippen LogP contribution >= 0.6 is 11.8 Å². The topological polar surface area (TPSA) is 52.9 Å². The summed E-state index contributed by atoms with van der Waals surface area (Å²) in [5.74, 6) is 1.75. The van der Waals surface area contributed by atoms with Crippen LogP contribution in [0.2, 0.25) is 0 Å². The van der Waals surface area contributed by atoms with E-state index in [9.17, 15) is 4.79 Å². The van der Waals surface area contributed by atoms with E-state index in [-0.39, 0.29) is 5.91 Å². The molecular weight excluding hydrogens is 292 g/mol. The van der Waals surface area contributed by atoms with E-state index in [2.05, 4.69) is 23.5 Å². The molecule has 0 unspecified atom stereocenters. The summed E-state index contributed by atoms with van der Waals surface area (Å²) in [7, 11) is 0. The van der Waals surface area contributed by atoms with Crippen LogP contribution in [0.3, 0.4) is 0 Å². The quantitative estimate of drug-likeness (QED) is 0.786. The Kier molecular flexibility index (Phi) is 6.53. The predicted octanol–water partition coefficient (Wildman–Crippen LogP) is 4.01. The number of nitrogens with one attached hydrogen (secondary N) is 1. The van der Waals surface area contributed by atoms with Gasteiger partial charge in [-0.2, -0.15) is 17.0 Å². The maximum Gasteiger partial charge on any atom is 0.225 e. The molecule has 2 aromatic carbocycles. The van der Waals surface area contributed by atoms with Gasteiger partial charge in [-0.05, 0) is 23.3 Å². The van der Waals surface area contributed by atoms with Gasteiger partial charge < -0.3 is 5.32 Å². The molecule has 2 aromatic rings. The number of amides is 1. The lowest BCUT2D eigenvalue weighted by molar-refractivity contribution is -0.115. The summed E-state index contributed by atoms with van der Waals surface area (Å²) in [4.78, 5) is 11.9. The molecule has 0 aliphatic rings. The number of thioether (sulfide) groups is 1. The molecule has 0 aromatic heterocycles. The summed E-state index contributed by atoms with van der Waals surface area (Å²) in [6.07, 6.45) is 0.891. The summed E-state index contributed by atoms with van der Waals surface area (Å²) in [6.45, 7) is 0. The third-order valence-electron chi connectivity index (χ3n) is 3.11. The van der Waals surface area contributed by atoms with E-state index in [0.29, 0.717) is 12.8 Å². The molecule has 0 heterocycles. The highest BCUT2D eigenvalue weighted by Gasteiger charge is 2.03. The second-order valence-electron chi connectivity index (χ2n) is 4.87. The van der Waals surface area contributed by atoms with Crippen molar-refractivity contribution in [2.24, 2.45) is 0 Å². The minimum atomic E-state index is 0.0218. The minimum Gasteiger partial charge on any atom is -0.326 e. The molecule has 1 amide bonds. The lowest BCUT2D eigenvalue weighted by atomic mass is 10.1. The maximum absolute atomic E-state index is 11.9. The van der Waals surface area contributed by atoms with Crippen molar-refractivity contribution in [3.63, 3.8) is 0 Å². The highest BCUT2D eigenvalue weighted by atomic mass is 32.2. The van der Waals surface area contributed by atoms with E-state index in [1.54, 1.807) is 11.8 Å². The number of benzene rings is 2. The smallest absolute Gasteiger partial charge is 0.225 e. The summed E-state index contributed by atoms with van der Waals surface area (Å²) in [5.41, 5.74) is 3.01. The Morgan fingerprint density at radius 3 is 2.45 bits per heavy atom.